The van der Waals surface area contributed by atoms with Gasteiger partial charge in [-0.3, -0.25) is 0 Å². The number of hydrogen-bond acceptors (Lipinski definition) is 1. The molecule has 0 aromatic heterocycles. The topological polar surface area (TPSA) is 9.23 Å². The first kappa shape index (κ1) is 16.5. The van der Waals surface area contributed by atoms with Gasteiger partial charge in [-0.2, -0.15) is 0 Å². The number of methoxy groups -OCH3 is 1. The van der Waals surface area contributed by atoms with Gasteiger partial charge in [-0.25, -0.2) is 0 Å². The molecule has 0 bridgehead atoms. The molecule has 0 spiro atoms. The zero-order valence-corrected chi connectivity index (χ0v) is 15.0. The van der Waals surface area contributed by atoms with Crippen LogP contribution < -0.4 is 0 Å². The summed E-state index contributed by atoms with van der Waals surface area (Å²) in [6.45, 7) is 8.00. The molecule has 0 aliphatic heterocycles. The van der Waals surface area contributed by atoms with Crippen molar-refractivity contribution < 1.29 is 4.74 Å². The van der Waals surface area contributed by atoms with Crippen LogP contribution in [0.4, 0.5) is 0 Å². The van der Waals surface area contributed by atoms with E-state index in [1.54, 1.807) is 5.56 Å². The standard InChI is InChI=1S/C22H30O/c1-5-16-11-17-9-7-8-10-18(17)12-22(16)21-13-19(14-23-4)20(6-2)15(21)3/h7-12,15,19-21H,5-6,13-14H2,1-4H3/t15?,19-,20?,21-/m1/s1. The molecule has 2 aromatic carbocycles. The molecule has 1 heteroatoms. The quantitative estimate of drug-likeness (QED) is 0.676. The van der Waals surface area contributed by atoms with Crippen molar-refractivity contribution in [2.75, 3.05) is 13.7 Å². The predicted octanol–water partition coefficient (Wildman–Crippen LogP) is 5.81. The SMILES string of the molecule is CCc1cc2ccccc2cc1[C@@H]1C[C@H](COC)C(CC)C1C. The van der Waals surface area contributed by atoms with Gasteiger partial charge >= 0.3 is 0 Å². The van der Waals surface area contributed by atoms with E-state index in [-0.39, 0.29) is 0 Å². The normalized spacial score (nSPS) is 27.7. The summed E-state index contributed by atoms with van der Waals surface area (Å²) in [5.41, 5.74) is 3.13. The van der Waals surface area contributed by atoms with Crippen LogP contribution in [-0.4, -0.2) is 13.7 Å². The van der Waals surface area contributed by atoms with Crippen LogP contribution in [0.5, 0.6) is 0 Å². The zero-order valence-electron chi connectivity index (χ0n) is 15.0. The van der Waals surface area contributed by atoms with Gasteiger partial charge in [0.1, 0.15) is 0 Å². The molecule has 0 heterocycles. The Hall–Kier alpha value is -1.34. The molecular weight excluding hydrogens is 280 g/mol. The molecular formula is C22H30O. The second kappa shape index (κ2) is 7.05. The number of benzene rings is 2. The Kier molecular flexibility index (Phi) is 5.06. The van der Waals surface area contributed by atoms with Crippen LogP contribution in [0.1, 0.15) is 50.7 Å². The van der Waals surface area contributed by atoms with E-state index in [9.17, 15) is 0 Å². The van der Waals surface area contributed by atoms with Crippen molar-refractivity contribution in [2.45, 2.75) is 46.0 Å². The average Bonchev–Trinajstić information content (AvgIpc) is 2.89. The number of aryl methyl sites for hydroxylation is 1. The molecule has 4 atom stereocenters. The fourth-order valence-corrected chi connectivity index (χ4v) is 4.92. The Bertz CT molecular complexity index is 660. The fourth-order valence-electron chi connectivity index (χ4n) is 4.92. The molecule has 23 heavy (non-hydrogen) atoms. The Balaban J connectivity index is 2.01. The molecule has 3 rings (SSSR count). The Morgan fingerprint density at radius 3 is 2.39 bits per heavy atom. The smallest absolute Gasteiger partial charge is 0.0493 e. The van der Waals surface area contributed by atoms with Crippen LogP contribution in [0.25, 0.3) is 10.8 Å². The minimum atomic E-state index is 0.680. The summed E-state index contributed by atoms with van der Waals surface area (Å²) in [6.07, 6.45) is 3.66. The lowest BCUT2D eigenvalue weighted by atomic mass is 9.81. The van der Waals surface area contributed by atoms with Gasteiger partial charge in [0.15, 0.2) is 0 Å². The van der Waals surface area contributed by atoms with E-state index in [1.165, 1.54) is 29.2 Å². The van der Waals surface area contributed by atoms with Gasteiger partial charge in [0.2, 0.25) is 0 Å². The summed E-state index contributed by atoms with van der Waals surface area (Å²) in [5, 5.41) is 2.76. The molecule has 0 N–H and O–H groups in total. The highest BCUT2D eigenvalue weighted by Crippen LogP contribution is 2.49. The first-order chi connectivity index (χ1) is 11.2. The molecule has 1 saturated carbocycles. The van der Waals surface area contributed by atoms with Crippen molar-refractivity contribution in [3.05, 3.63) is 47.5 Å². The predicted molar refractivity (Wildman–Crippen MR) is 99.0 cm³/mol. The monoisotopic (exact) mass is 310 g/mol. The van der Waals surface area contributed by atoms with Gasteiger partial charge in [-0.1, -0.05) is 63.6 Å². The van der Waals surface area contributed by atoms with Crippen molar-refractivity contribution >= 4 is 10.8 Å². The maximum Gasteiger partial charge on any atom is 0.0493 e. The summed E-state index contributed by atoms with van der Waals surface area (Å²) in [7, 11) is 1.85. The summed E-state index contributed by atoms with van der Waals surface area (Å²) in [5.74, 6) is 2.92. The molecule has 124 valence electrons. The molecule has 0 saturated heterocycles. The lowest BCUT2D eigenvalue weighted by Gasteiger charge is -2.24. The molecule has 1 nitrogen and oxygen atoms in total. The third kappa shape index (κ3) is 3.04. The molecule has 0 amide bonds. The van der Waals surface area contributed by atoms with Crippen LogP contribution in [-0.2, 0) is 11.2 Å². The van der Waals surface area contributed by atoms with E-state index in [0.29, 0.717) is 11.8 Å². The first-order valence-electron chi connectivity index (χ1n) is 9.20. The summed E-state index contributed by atoms with van der Waals surface area (Å²) >= 11 is 0. The van der Waals surface area contributed by atoms with Crippen LogP contribution in [0.3, 0.4) is 0 Å². The highest BCUT2D eigenvalue weighted by atomic mass is 16.5. The Morgan fingerprint density at radius 1 is 1.09 bits per heavy atom. The molecule has 0 radical (unpaired) electrons. The van der Waals surface area contributed by atoms with E-state index < -0.39 is 0 Å². The maximum atomic E-state index is 5.52. The van der Waals surface area contributed by atoms with Gasteiger partial charge in [-0.15, -0.1) is 0 Å². The molecule has 1 aliphatic rings. The lowest BCUT2D eigenvalue weighted by molar-refractivity contribution is 0.124. The van der Waals surface area contributed by atoms with Gasteiger partial charge < -0.3 is 4.74 Å². The molecule has 2 unspecified atom stereocenters. The number of fused-ring (bicyclic) bond motifs is 1. The highest BCUT2D eigenvalue weighted by Gasteiger charge is 2.40. The summed E-state index contributed by atoms with van der Waals surface area (Å²) in [6, 6.07) is 13.7. The minimum absolute atomic E-state index is 0.680. The fraction of sp³-hybridized carbons (Fsp3) is 0.545. The summed E-state index contributed by atoms with van der Waals surface area (Å²) < 4.78 is 5.52. The van der Waals surface area contributed by atoms with Crippen LogP contribution >= 0.6 is 0 Å². The Morgan fingerprint density at radius 2 is 1.78 bits per heavy atom. The average molecular weight is 310 g/mol. The van der Waals surface area contributed by atoms with Crippen molar-refractivity contribution in [2.24, 2.45) is 17.8 Å². The molecule has 2 aromatic rings. The summed E-state index contributed by atoms with van der Waals surface area (Å²) in [4.78, 5) is 0. The van der Waals surface area contributed by atoms with E-state index in [0.717, 1.165) is 24.9 Å². The van der Waals surface area contributed by atoms with Crippen molar-refractivity contribution in [1.29, 1.82) is 0 Å². The molecule has 1 aliphatic carbocycles. The third-order valence-electron chi connectivity index (χ3n) is 6.11. The van der Waals surface area contributed by atoms with Gasteiger partial charge in [0, 0.05) is 13.7 Å². The highest BCUT2D eigenvalue weighted by molar-refractivity contribution is 5.84. The van der Waals surface area contributed by atoms with Crippen molar-refractivity contribution in [1.82, 2.24) is 0 Å². The van der Waals surface area contributed by atoms with Gasteiger partial charge in [0.05, 0.1) is 0 Å². The van der Waals surface area contributed by atoms with E-state index in [1.807, 2.05) is 7.11 Å². The number of rotatable bonds is 5. The third-order valence-corrected chi connectivity index (χ3v) is 6.11. The zero-order chi connectivity index (χ0) is 16.4. The largest absolute Gasteiger partial charge is 0.384 e. The van der Waals surface area contributed by atoms with Crippen LogP contribution in [0, 0.1) is 17.8 Å². The van der Waals surface area contributed by atoms with Gasteiger partial charge in [-0.05, 0) is 58.4 Å². The second-order valence-corrected chi connectivity index (χ2v) is 7.24. The molecule has 1 fully saturated rings. The maximum absolute atomic E-state index is 5.52. The Labute approximate surface area is 141 Å². The number of ether oxygens (including phenoxy) is 1. The van der Waals surface area contributed by atoms with Crippen LogP contribution in [0.15, 0.2) is 36.4 Å². The van der Waals surface area contributed by atoms with E-state index in [2.05, 4.69) is 57.2 Å². The van der Waals surface area contributed by atoms with Crippen molar-refractivity contribution in [3.8, 4) is 0 Å². The van der Waals surface area contributed by atoms with E-state index in [4.69, 9.17) is 4.74 Å². The van der Waals surface area contributed by atoms with Crippen molar-refractivity contribution in [3.63, 3.8) is 0 Å². The second-order valence-electron chi connectivity index (χ2n) is 7.24. The number of hydrogen-bond donors (Lipinski definition) is 0. The first-order valence-corrected chi connectivity index (χ1v) is 9.20. The lowest BCUT2D eigenvalue weighted by Crippen LogP contribution is -2.17. The van der Waals surface area contributed by atoms with E-state index >= 15 is 0 Å². The minimum Gasteiger partial charge on any atom is -0.384 e. The van der Waals surface area contributed by atoms with Gasteiger partial charge in [0.25, 0.3) is 0 Å². The van der Waals surface area contributed by atoms with Crippen LogP contribution in [0.2, 0.25) is 0 Å².